The minimum atomic E-state index is -1.46. The van der Waals surface area contributed by atoms with Crippen LogP contribution in [0, 0.1) is 10.8 Å². The van der Waals surface area contributed by atoms with Gasteiger partial charge in [-0.3, -0.25) is 9.59 Å². The molecule has 0 saturated heterocycles. The first kappa shape index (κ1) is 18.6. The number of Topliss-reactive ketones (excluding diaryl/α,β-unsaturated/α-hetero) is 2. The van der Waals surface area contributed by atoms with E-state index in [0.717, 1.165) is 0 Å². The summed E-state index contributed by atoms with van der Waals surface area (Å²) in [7, 11) is -1.46. The van der Waals surface area contributed by atoms with Crippen LogP contribution in [0.25, 0.3) is 0 Å². The van der Waals surface area contributed by atoms with Gasteiger partial charge in [0.2, 0.25) is 0 Å². The summed E-state index contributed by atoms with van der Waals surface area (Å²) >= 11 is 0. The minimum Gasteiger partial charge on any atom is -0.422 e. The molecule has 1 rings (SSSR count). The summed E-state index contributed by atoms with van der Waals surface area (Å²) in [5.41, 5.74) is -0.280. The molecule has 5 nitrogen and oxygen atoms in total. The van der Waals surface area contributed by atoms with Gasteiger partial charge in [-0.2, -0.15) is 0 Å². The van der Waals surface area contributed by atoms with Crippen molar-refractivity contribution in [2.24, 2.45) is 16.7 Å². The van der Waals surface area contributed by atoms with Gasteiger partial charge < -0.3 is 9.78 Å². The van der Waals surface area contributed by atoms with Crippen molar-refractivity contribution >= 4 is 24.1 Å². The second kappa shape index (κ2) is 6.32. The number of hydrogen-bond donors (Lipinski definition) is 2. The second-order valence-corrected chi connectivity index (χ2v) is 7.45. The van der Waals surface area contributed by atoms with Gasteiger partial charge >= 0.3 is 7.12 Å². The van der Waals surface area contributed by atoms with Crippen molar-refractivity contribution in [1.82, 2.24) is 0 Å². The molecule has 0 aliphatic heterocycles. The number of carbonyl (C=O) groups is 2. The van der Waals surface area contributed by atoms with Crippen molar-refractivity contribution in [2.75, 3.05) is 0 Å². The van der Waals surface area contributed by atoms with Gasteiger partial charge in [0.15, 0.2) is 11.6 Å². The SMILES string of the molecule is CC(C)(C)C(=O)c1ccc(C(=O)C(C)(C)C)c(B(O)ON)c1. The quantitative estimate of drug-likeness (QED) is 0.502. The average Bonchev–Trinajstić information content (AvgIpc) is 2.42. The first-order valence-electron chi connectivity index (χ1n) is 7.16. The highest BCUT2D eigenvalue weighted by molar-refractivity contribution is 6.61. The van der Waals surface area contributed by atoms with Crippen LogP contribution in [-0.4, -0.2) is 23.7 Å². The first-order valence-corrected chi connectivity index (χ1v) is 7.16. The van der Waals surface area contributed by atoms with Gasteiger partial charge in [0.1, 0.15) is 0 Å². The van der Waals surface area contributed by atoms with Crippen LogP contribution < -0.4 is 11.4 Å². The summed E-state index contributed by atoms with van der Waals surface area (Å²) in [5, 5.41) is 9.92. The molecule has 1 aromatic rings. The Balaban J connectivity index is 3.44. The topological polar surface area (TPSA) is 89.6 Å². The third-order valence-corrected chi connectivity index (χ3v) is 3.32. The normalized spacial score (nSPS) is 12.2. The van der Waals surface area contributed by atoms with Crippen molar-refractivity contribution in [3.05, 3.63) is 29.3 Å². The molecule has 120 valence electrons. The van der Waals surface area contributed by atoms with E-state index in [-0.39, 0.29) is 17.0 Å². The molecule has 1 aromatic carbocycles. The smallest absolute Gasteiger partial charge is 0.422 e. The highest BCUT2D eigenvalue weighted by atomic mass is 16.6. The van der Waals surface area contributed by atoms with Gasteiger partial charge in [0.05, 0.1) is 0 Å². The lowest BCUT2D eigenvalue weighted by atomic mass is 9.71. The molecule has 0 radical (unpaired) electrons. The van der Waals surface area contributed by atoms with E-state index < -0.39 is 17.9 Å². The summed E-state index contributed by atoms with van der Waals surface area (Å²) < 4.78 is 4.45. The molecular weight excluding hydrogens is 281 g/mol. The third kappa shape index (κ3) is 4.03. The highest BCUT2D eigenvalue weighted by Gasteiger charge is 2.31. The summed E-state index contributed by atoms with van der Waals surface area (Å²) in [6.07, 6.45) is 0. The predicted octanol–water partition coefficient (Wildman–Crippen LogP) is 1.72. The lowest BCUT2D eigenvalue weighted by molar-refractivity contribution is 0.0849. The van der Waals surface area contributed by atoms with Gasteiger partial charge in [-0.05, 0) is 5.46 Å². The molecule has 0 bridgehead atoms. The average molecular weight is 305 g/mol. The molecule has 0 spiro atoms. The van der Waals surface area contributed by atoms with Gasteiger partial charge in [0.25, 0.3) is 0 Å². The maximum atomic E-state index is 12.5. The summed E-state index contributed by atoms with van der Waals surface area (Å²) in [6, 6.07) is 4.62. The van der Waals surface area contributed by atoms with E-state index in [1.54, 1.807) is 53.7 Å². The van der Waals surface area contributed by atoms with E-state index in [9.17, 15) is 14.6 Å². The molecular formula is C16H24BNO4. The Morgan fingerprint density at radius 3 is 1.95 bits per heavy atom. The number of benzene rings is 1. The number of rotatable bonds is 4. The van der Waals surface area contributed by atoms with Crippen molar-refractivity contribution in [3.63, 3.8) is 0 Å². The third-order valence-electron chi connectivity index (χ3n) is 3.32. The van der Waals surface area contributed by atoms with Crippen molar-refractivity contribution in [2.45, 2.75) is 41.5 Å². The van der Waals surface area contributed by atoms with Crippen LogP contribution in [0.5, 0.6) is 0 Å². The molecule has 0 amide bonds. The molecule has 0 aromatic heterocycles. The van der Waals surface area contributed by atoms with E-state index in [1.165, 1.54) is 6.07 Å². The molecule has 22 heavy (non-hydrogen) atoms. The molecule has 0 unspecified atom stereocenters. The Bertz CT molecular complexity index is 585. The van der Waals surface area contributed by atoms with Crippen LogP contribution >= 0.6 is 0 Å². The van der Waals surface area contributed by atoms with Crippen LogP contribution in [0.3, 0.4) is 0 Å². The van der Waals surface area contributed by atoms with Crippen LogP contribution in [0.2, 0.25) is 0 Å². The lowest BCUT2D eigenvalue weighted by Gasteiger charge is -2.21. The Morgan fingerprint density at radius 2 is 1.55 bits per heavy atom. The van der Waals surface area contributed by atoms with Gasteiger partial charge in [-0.1, -0.05) is 59.7 Å². The Morgan fingerprint density at radius 1 is 1.05 bits per heavy atom. The summed E-state index contributed by atoms with van der Waals surface area (Å²) in [4.78, 5) is 24.9. The van der Waals surface area contributed by atoms with Crippen molar-refractivity contribution < 1.29 is 19.4 Å². The largest absolute Gasteiger partial charge is 0.508 e. The van der Waals surface area contributed by atoms with Crippen LogP contribution in [0.15, 0.2) is 18.2 Å². The summed E-state index contributed by atoms with van der Waals surface area (Å²) in [6.45, 7) is 10.8. The van der Waals surface area contributed by atoms with E-state index in [0.29, 0.717) is 11.1 Å². The fourth-order valence-corrected chi connectivity index (χ4v) is 2.03. The fourth-order valence-electron chi connectivity index (χ4n) is 2.03. The van der Waals surface area contributed by atoms with Crippen LogP contribution in [0.4, 0.5) is 0 Å². The first-order chi connectivity index (χ1) is 9.89. The summed E-state index contributed by atoms with van der Waals surface area (Å²) in [5.74, 6) is 4.80. The Labute approximate surface area is 131 Å². The molecule has 0 heterocycles. The highest BCUT2D eigenvalue weighted by Crippen LogP contribution is 2.23. The molecule has 0 aliphatic rings. The van der Waals surface area contributed by atoms with E-state index in [1.807, 2.05) is 0 Å². The molecule has 0 atom stereocenters. The Kier molecular flexibility index (Phi) is 5.33. The zero-order valence-electron chi connectivity index (χ0n) is 14.1. The fraction of sp³-hybridized carbons (Fsp3) is 0.500. The standard InChI is InChI=1S/C16H24BNO4/c1-15(2,3)13(19)10-7-8-11(14(20)16(4,5)6)12(9-10)17(21)22-18/h7-9,21H,18H2,1-6H3. The van der Waals surface area contributed by atoms with E-state index in [4.69, 9.17) is 5.90 Å². The second-order valence-electron chi connectivity index (χ2n) is 7.45. The number of hydrogen-bond acceptors (Lipinski definition) is 5. The number of ketones is 2. The van der Waals surface area contributed by atoms with Gasteiger partial charge in [-0.25, -0.2) is 5.90 Å². The molecule has 3 N–H and O–H groups in total. The maximum absolute atomic E-state index is 12.5. The minimum absolute atomic E-state index is 0.0901. The Hall–Kier alpha value is -1.50. The molecule has 0 aliphatic carbocycles. The van der Waals surface area contributed by atoms with Crippen LogP contribution in [-0.2, 0) is 4.76 Å². The maximum Gasteiger partial charge on any atom is 0.508 e. The monoisotopic (exact) mass is 305 g/mol. The lowest BCUT2D eigenvalue weighted by Crippen LogP contribution is -2.42. The molecule has 6 heteroatoms. The van der Waals surface area contributed by atoms with E-state index in [2.05, 4.69) is 4.76 Å². The van der Waals surface area contributed by atoms with Gasteiger partial charge in [0, 0.05) is 22.0 Å². The zero-order chi connectivity index (χ0) is 17.3. The van der Waals surface area contributed by atoms with Crippen molar-refractivity contribution in [3.8, 4) is 0 Å². The van der Waals surface area contributed by atoms with Crippen molar-refractivity contribution in [1.29, 1.82) is 0 Å². The number of carbonyl (C=O) groups excluding carboxylic acids is 2. The van der Waals surface area contributed by atoms with Gasteiger partial charge in [-0.15, -0.1) is 0 Å². The number of nitrogens with two attached hydrogens (primary N) is 1. The molecule has 0 fully saturated rings. The van der Waals surface area contributed by atoms with E-state index >= 15 is 0 Å². The van der Waals surface area contributed by atoms with Crippen LogP contribution in [0.1, 0.15) is 62.3 Å². The zero-order valence-corrected chi connectivity index (χ0v) is 14.1. The predicted molar refractivity (Wildman–Crippen MR) is 86.9 cm³/mol. The molecule has 0 saturated carbocycles.